The van der Waals surface area contributed by atoms with Crippen LogP contribution in [-0.2, 0) is 0 Å². The number of hydrogen-bond acceptors (Lipinski definition) is 2. The summed E-state index contributed by atoms with van der Waals surface area (Å²) in [5.74, 6) is 2.96. The fourth-order valence-electron chi connectivity index (χ4n) is 3.89. The van der Waals surface area contributed by atoms with Crippen molar-refractivity contribution in [3.05, 3.63) is 29.6 Å². The van der Waals surface area contributed by atoms with Gasteiger partial charge < -0.3 is 10.1 Å². The lowest BCUT2D eigenvalue weighted by molar-refractivity contribution is 0.194. The first-order valence-corrected chi connectivity index (χ1v) is 7.77. The maximum atomic E-state index is 14.0. The topological polar surface area (TPSA) is 21.3 Å². The summed E-state index contributed by atoms with van der Waals surface area (Å²) in [5, 5.41) is 3.06. The first-order chi connectivity index (χ1) is 9.67. The second-order valence-corrected chi connectivity index (χ2v) is 6.44. The number of hydrogen-bond donors (Lipinski definition) is 1. The largest absolute Gasteiger partial charge is 0.493 e. The summed E-state index contributed by atoms with van der Waals surface area (Å²) in [6.45, 7) is 2.70. The van der Waals surface area contributed by atoms with Gasteiger partial charge in [-0.3, -0.25) is 0 Å². The van der Waals surface area contributed by atoms with Gasteiger partial charge in [-0.25, -0.2) is 4.39 Å². The van der Waals surface area contributed by atoms with Crippen LogP contribution in [0.15, 0.2) is 18.2 Å². The van der Waals surface area contributed by atoms with Crippen LogP contribution in [0.25, 0.3) is 0 Å². The van der Waals surface area contributed by atoms with E-state index in [-0.39, 0.29) is 11.9 Å². The van der Waals surface area contributed by atoms with E-state index >= 15 is 0 Å². The predicted molar refractivity (Wildman–Crippen MR) is 78.3 cm³/mol. The van der Waals surface area contributed by atoms with Gasteiger partial charge >= 0.3 is 0 Å². The number of ether oxygens (including phenoxy) is 1. The molecule has 2 fully saturated rings. The molecule has 1 N–H and O–H groups in total. The van der Waals surface area contributed by atoms with E-state index in [1.165, 1.54) is 31.7 Å². The number of halogens is 1. The summed E-state index contributed by atoms with van der Waals surface area (Å²) >= 11 is 0. The average molecular weight is 277 g/mol. The highest BCUT2D eigenvalue weighted by Crippen LogP contribution is 2.48. The van der Waals surface area contributed by atoms with E-state index in [0.717, 1.165) is 18.4 Å². The minimum Gasteiger partial charge on any atom is -0.493 e. The molecule has 2 nitrogen and oxygen atoms in total. The predicted octanol–water partition coefficient (Wildman–Crippen LogP) is 3.92. The van der Waals surface area contributed by atoms with E-state index in [9.17, 15) is 4.39 Å². The van der Waals surface area contributed by atoms with Crippen molar-refractivity contribution in [1.29, 1.82) is 0 Å². The Bertz CT molecular complexity index is 476. The van der Waals surface area contributed by atoms with E-state index < -0.39 is 0 Å². The smallest absolute Gasteiger partial charge is 0.131 e. The lowest BCUT2D eigenvalue weighted by Gasteiger charge is -2.22. The third-order valence-electron chi connectivity index (χ3n) is 5.22. The Morgan fingerprint density at radius 3 is 2.80 bits per heavy atom. The fourth-order valence-corrected chi connectivity index (χ4v) is 3.89. The van der Waals surface area contributed by atoms with Gasteiger partial charge in [-0.05, 0) is 57.1 Å². The molecule has 20 heavy (non-hydrogen) atoms. The molecule has 0 amide bonds. The molecule has 2 bridgehead atoms. The standard InChI is InChI=1S/C17H24FNO/c1-11(19-2)16-6-5-15(9-17(16)18)20-10-14-8-12-3-4-13(14)7-12/h5-6,9,11-14,19H,3-4,7-8,10H2,1-2H3. The second-order valence-electron chi connectivity index (χ2n) is 6.44. The van der Waals surface area contributed by atoms with Crippen LogP contribution in [-0.4, -0.2) is 13.7 Å². The molecule has 0 saturated heterocycles. The summed E-state index contributed by atoms with van der Waals surface area (Å²) in [4.78, 5) is 0. The van der Waals surface area contributed by atoms with Gasteiger partial charge in [-0.15, -0.1) is 0 Å². The molecule has 2 aliphatic carbocycles. The van der Waals surface area contributed by atoms with Crippen LogP contribution in [0.3, 0.4) is 0 Å². The van der Waals surface area contributed by atoms with Crippen molar-refractivity contribution in [2.24, 2.45) is 17.8 Å². The summed E-state index contributed by atoms with van der Waals surface area (Å²) < 4.78 is 19.8. The molecule has 3 heteroatoms. The first kappa shape index (κ1) is 13.9. The number of nitrogens with one attached hydrogen (secondary N) is 1. The lowest BCUT2D eigenvalue weighted by atomic mass is 9.89. The molecule has 4 atom stereocenters. The Morgan fingerprint density at radius 2 is 2.20 bits per heavy atom. The fraction of sp³-hybridized carbons (Fsp3) is 0.647. The maximum absolute atomic E-state index is 14.0. The summed E-state index contributed by atoms with van der Waals surface area (Å²) in [6.07, 6.45) is 5.47. The highest BCUT2D eigenvalue weighted by atomic mass is 19.1. The zero-order valence-electron chi connectivity index (χ0n) is 12.4. The highest BCUT2D eigenvalue weighted by Gasteiger charge is 2.39. The van der Waals surface area contributed by atoms with Gasteiger partial charge in [-0.2, -0.15) is 0 Å². The van der Waals surface area contributed by atoms with Gasteiger partial charge in [-0.1, -0.05) is 12.5 Å². The van der Waals surface area contributed by atoms with Crippen molar-refractivity contribution in [3.63, 3.8) is 0 Å². The average Bonchev–Trinajstić information content (AvgIpc) is 3.07. The van der Waals surface area contributed by atoms with Crippen molar-refractivity contribution < 1.29 is 9.13 Å². The number of benzene rings is 1. The molecule has 1 aromatic rings. The second kappa shape index (κ2) is 5.72. The molecule has 0 spiro atoms. The first-order valence-electron chi connectivity index (χ1n) is 7.77. The summed E-state index contributed by atoms with van der Waals surface area (Å²) in [5.41, 5.74) is 0.694. The molecule has 2 saturated carbocycles. The summed E-state index contributed by atoms with van der Waals surface area (Å²) in [7, 11) is 1.84. The molecule has 110 valence electrons. The van der Waals surface area contributed by atoms with Gasteiger partial charge in [0.05, 0.1) is 6.61 Å². The Balaban J connectivity index is 1.59. The monoisotopic (exact) mass is 277 g/mol. The molecule has 1 aromatic carbocycles. The molecular formula is C17H24FNO. The zero-order chi connectivity index (χ0) is 14.1. The summed E-state index contributed by atoms with van der Waals surface area (Å²) in [6, 6.07) is 5.26. The van der Waals surface area contributed by atoms with E-state index in [1.54, 1.807) is 0 Å². The number of fused-ring (bicyclic) bond motifs is 2. The third-order valence-corrected chi connectivity index (χ3v) is 5.22. The van der Waals surface area contributed by atoms with Crippen molar-refractivity contribution in [3.8, 4) is 5.75 Å². The quantitative estimate of drug-likeness (QED) is 0.880. The molecule has 4 unspecified atom stereocenters. The Morgan fingerprint density at radius 1 is 1.35 bits per heavy atom. The minimum atomic E-state index is -0.183. The van der Waals surface area contributed by atoms with Gasteiger partial charge in [0, 0.05) is 17.7 Å². The van der Waals surface area contributed by atoms with Crippen LogP contribution in [0.4, 0.5) is 4.39 Å². The molecule has 0 aromatic heterocycles. The minimum absolute atomic E-state index is 0.0228. The van der Waals surface area contributed by atoms with E-state index in [0.29, 0.717) is 17.2 Å². The molecule has 3 rings (SSSR count). The Hall–Kier alpha value is -1.09. The van der Waals surface area contributed by atoms with Crippen LogP contribution in [0.1, 0.15) is 44.2 Å². The SMILES string of the molecule is CNC(C)c1ccc(OCC2CC3CCC2C3)cc1F. The van der Waals surface area contributed by atoms with Crippen molar-refractivity contribution in [2.45, 2.75) is 38.6 Å². The lowest BCUT2D eigenvalue weighted by Crippen LogP contribution is -2.18. The van der Waals surface area contributed by atoms with Gasteiger partial charge in [0.15, 0.2) is 0 Å². The molecule has 0 aliphatic heterocycles. The van der Waals surface area contributed by atoms with Crippen molar-refractivity contribution in [2.75, 3.05) is 13.7 Å². The maximum Gasteiger partial charge on any atom is 0.131 e. The van der Waals surface area contributed by atoms with E-state index in [4.69, 9.17) is 4.74 Å². The van der Waals surface area contributed by atoms with Crippen LogP contribution in [0, 0.1) is 23.6 Å². The highest BCUT2D eigenvalue weighted by molar-refractivity contribution is 5.30. The third kappa shape index (κ3) is 2.69. The molecule has 0 heterocycles. The van der Waals surface area contributed by atoms with E-state index in [1.807, 2.05) is 26.1 Å². The van der Waals surface area contributed by atoms with Gasteiger partial charge in [0.1, 0.15) is 11.6 Å². The Kier molecular flexibility index (Phi) is 3.97. The molecule has 2 aliphatic rings. The molecule has 0 radical (unpaired) electrons. The van der Waals surface area contributed by atoms with Crippen LogP contribution < -0.4 is 10.1 Å². The van der Waals surface area contributed by atoms with E-state index in [2.05, 4.69) is 5.32 Å². The van der Waals surface area contributed by atoms with Gasteiger partial charge in [0.2, 0.25) is 0 Å². The normalized spacial score (nSPS) is 29.6. The van der Waals surface area contributed by atoms with Crippen LogP contribution in [0.5, 0.6) is 5.75 Å². The van der Waals surface area contributed by atoms with Gasteiger partial charge in [0.25, 0.3) is 0 Å². The van der Waals surface area contributed by atoms with Crippen molar-refractivity contribution >= 4 is 0 Å². The van der Waals surface area contributed by atoms with Crippen molar-refractivity contribution in [1.82, 2.24) is 5.32 Å². The number of rotatable bonds is 5. The molecular weight excluding hydrogens is 253 g/mol. The van der Waals surface area contributed by atoms with Crippen LogP contribution in [0.2, 0.25) is 0 Å². The zero-order valence-corrected chi connectivity index (χ0v) is 12.4. The van der Waals surface area contributed by atoms with Crippen LogP contribution >= 0.6 is 0 Å². The Labute approximate surface area is 120 Å².